The molecule has 0 saturated heterocycles. The maximum absolute atomic E-state index is 14.0. The number of aromatic nitrogens is 1. The molecule has 0 fully saturated rings. The van der Waals surface area contributed by atoms with Gasteiger partial charge >= 0.3 is 5.97 Å². The first-order valence-electron chi connectivity index (χ1n) is 10.5. The number of carbonyl (C=O) groups excluding carboxylic acids is 1. The molecule has 182 valence electrons. The summed E-state index contributed by atoms with van der Waals surface area (Å²) >= 11 is 6.44. The number of pyridine rings is 1. The lowest BCUT2D eigenvalue weighted by molar-refractivity contribution is -0.142. The Morgan fingerprint density at radius 3 is 2.46 bits per heavy atom. The van der Waals surface area contributed by atoms with Crippen LogP contribution in [0.3, 0.4) is 0 Å². The third-order valence-electron chi connectivity index (χ3n) is 4.59. The van der Waals surface area contributed by atoms with Crippen LogP contribution >= 0.6 is 31.9 Å². The smallest absolute Gasteiger partial charge is 0.310 e. The van der Waals surface area contributed by atoms with Crippen molar-refractivity contribution in [3.05, 3.63) is 86.0 Å². The fourth-order valence-electron chi connectivity index (χ4n) is 3.00. The molecule has 7 nitrogen and oxygen atoms in total. The molecular weight excluding hydrogens is 587 g/mol. The molecule has 2 aromatic carbocycles. The number of benzene rings is 2. The van der Waals surface area contributed by atoms with Crippen LogP contribution in [0.5, 0.6) is 17.4 Å². The van der Waals surface area contributed by atoms with Crippen molar-refractivity contribution >= 4 is 43.5 Å². The molecule has 0 saturated carbocycles. The van der Waals surface area contributed by atoms with E-state index in [-0.39, 0.29) is 37.3 Å². The number of ether oxygens (including phenoxy) is 4. The third-order valence-corrected chi connectivity index (χ3v) is 5.64. The Morgan fingerprint density at radius 1 is 1.03 bits per heavy atom. The monoisotopic (exact) mass is 606 g/mol. The second-order valence-corrected chi connectivity index (χ2v) is 8.71. The fourth-order valence-corrected chi connectivity index (χ4v) is 3.65. The van der Waals surface area contributed by atoms with E-state index in [0.717, 1.165) is 5.56 Å². The molecule has 0 unspecified atom stereocenters. The lowest BCUT2D eigenvalue weighted by Gasteiger charge is -2.15. The molecule has 0 N–H and O–H groups in total. The van der Waals surface area contributed by atoms with Crippen molar-refractivity contribution in [1.29, 1.82) is 0 Å². The van der Waals surface area contributed by atoms with Crippen LogP contribution in [0.2, 0.25) is 0 Å². The van der Waals surface area contributed by atoms with Crippen molar-refractivity contribution in [3.63, 3.8) is 0 Å². The maximum atomic E-state index is 14.0. The third kappa shape index (κ3) is 7.94. The minimum absolute atomic E-state index is 0.115. The summed E-state index contributed by atoms with van der Waals surface area (Å²) in [5.41, 5.74) is 1.52. The van der Waals surface area contributed by atoms with Gasteiger partial charge in [0.2, 0.25) is 5.88 Å². The van der Waals surface area contributed by atoms with Crippen molar-refractivity contribution in [1.82, 2.24) is 4.98 Å². The summed E-state index contributed by atoms with van der Waals surface area (Å²) in [7, 11) is 0. The van der Waals surface area contributed by atoms with E-state index in [2.05, 4.69) is 41.7 Å². The minimum Gasteiger partial charge on any atom is -0.491 e. The van der Waals surface area contributed by atoms with Gasteiger partial charge in [0.15, 0.2) is 5.69 Å². The lowest BCUT2D eigenvalue weighted by atomic mass is 10.1. The van der Waals surface area contributed by atoms with Crippen molar-refractivity contribution in [3.8, 4) is 17.4 Å². The number of nitrogens with zero attached hydrogens (tertiary/aromatic N) is 2. The van der Waals surface area contributed by atoms with E-state index in [1.165, 1.54) is 12.1 Å². The van der Waals surface area contributed by atoms with Gasteiger partial charge in [-0.15, -0.1) is 0 Å². The molecule has 3 aromatic rings. The molecule has 3 rings (SSSR count). The van der Waals surface area contributed by atoms with Crippen molar-refractivity contribution in [2.24, 2.45) is 0 Å². The molecule has 0 aliphatic rings. The van der Waals surface area contributed by atoms with Crippen LogP contribution in [0.1, 0.15) is 18.1 Å². The summed E-state index contributed by atoms with van der Waals surface area (Å²) < 4.78 is 37.2. The summed E-state index contributed by atoms with van der Waals surface area (Å²) in [5.74, 6) is 0.279. The Bertz CT molecular complexity index is 1230. The van der Waals surface area contributed by atoms with Gasteiger partial charge < -0.3 is 18.9 Å². The predicted octanol–water partition coefficient (Wildman–Crippen LogP) is 6.44. The van der Waals surface area contributed by atoms with Gasteiger partial charge in [0.1, 0.15) is 41.7 Å². The second-order valence-electron chi connectivity index (χ2n) is 7.04. The van der Waals surface area contributed by atoms with Gasteiger partial charge in [0, 0.05) is 17.2 Å². The average Bonchev–Trinajstić information content (AvgIpc) is 2.83. The molecule has 0 spiro atoms. The largest absolute Gasteiger partial charge is 0.491 e. The summed E-state index contributed by atoms with van der Waals surface area (Å²) in [5, 5.41) is 0. The van der Waals surface area contributed by atoms with E-state index in [4.69, 9.17) is 25.5 Å². The number of esters is 1. The Hall–Kier alpha value is -3.16. The average molecular weight is 608 g/mol. The topological polar surface area (TPSA) is 71.2 Å². The predicted molar refractivity (Wildman–Crippen MR) is 134 cm³/mol. The first-order valence-corrected chi connectivity index (χ1v) is 12.1. The molecule has 1 aromatic heterocycles. The SMILES string of the molecule is [C-]#[N+]c1ccc(COc2cccc(Br)n2)c(OCCOc2cc(Br)c(F)cc2CC(=O)OCC)c1. The van der Waals surface area contributed by atoms with E-state index in [0.29, 0.717) is 33.2 Å². The van der Waals surface area contributed by atoms with Gasteiger partial charge in [-0.05, 0) is 63.0 Å². The van der Waals surface area contributed by atoms with Crippen LogP contribution < -0.4 is 14.2 Å². The van der Waals surface area contributed by atoms with Crippen LogP contribution in [-0.4, -0.2) is 30.8 Å². The van der Waals surface area contributed by atoms with Crippen LogP contribution in [-0.2, 0) is 22.6 Å². The number of rotatable bonds is 11. The molecule has 35 heavy (non-hydrogen) atoms. The molecule has 0 atom stereocenters. The van der Waals surface area contributed by atoms with Gasteiger partial charge in [0.25, 0.3) is 0 Å². The van der Waals surface area contributed by atoms with Gasteiger partial charge in [-0.25, -0.2) is 14.2 Å². The highest BCUT2D eigenvalue weighted by Crippen LogP contribution is 2.29. The summed E-state index contributed by atoms with van der Waals surface area (Å²) in [6.07, 6.45) is -0.119. The van der Waals surface area contributed by atoms with Gasteiger partial charge in [-0.3, -0.25) is 4.79 Å². The fraction of sp³-hybridized carbons (Fsp3) is 0.240. The number of hydrogen-bond acceptors (Lipinski definition) is 6. The number of carbonyl (C=O) groups is 1. The molecule has 0 aliphatic carbocycles. The number of hydrogen-bond donors (Lipinski definition) is 0. The van der Waals surface area contributed by atoms with Gasteiger partial charge in [-0.2, -0.15) is 0 Å². The van der Waals surface area contributed by atoms with Crippen molar-refractivity contribution in [2.75, 3.05) is 19.8 Å². The molecule has 0 aliphatic heterocycles. The van der Waals surface area contributed by atoms with E-state index < -0.39 is 11.8 Å². The second kappa shape index (κ2) is 13.1. The van der Waals surface area contributed by atoms with Crippen LogP contribution in [0.25, 0.3) is 4.85 Å². The van der Waals surface area contributed by atoms with Crippen LogP contribution in [0.15, 0.2) is 57.6 Å². The first kappa shape index (κ1) is 26.4. The van der Waals surface area contributed by atoms with Crippen molar-refractivity contribution in [2.45, 2.75) is 20.0 Å². The standard InChI is InChI=1S/C25H21Br2FN2O5/c1-3-32-25(31)12-17-11-20(28)19(26)14-22(17)34-10-9-33-21-13-18(29-2)8-7-16(21)15-35-24-6-4-5-23(27)30-24/h4-8,11,13-14H,3,9-10,12,15H2,1H3. The Labute approximate surface area is 219 Å². The lowest BCUT2D eigenvalue weighted by Crippen LogP contribution is -2.13. The van der Waals surface area contributed by atoms with E-state index in [9.17, 15) is 9.18 Å². The molecule has 0 radical (unpaired) electrons. The summed E-state index contributed by atoms with van der Waals surface area (Å²) in [6.45, 7) is 9.64. The van der Waals surface area contributed by atoms with E-state index in [1.54, 1.807) is 37.3 Å². The highest BCUT2D eigenvalue weighted by molar-refractivity contribution is 9.10. The molecule has 1 heterocycles. The van der Waals surface area contributed by atoms with Crippen LogP contribution in [0, 0.1) is 12.4 Å². The zero-order valence-corrected chi connectivity index (χ0v) is 21.9. The van der Waals surface area contributed by atoms with Crippen molar-refractivity contribution < 1.29 is 28.1 Å². The highest BCUT2D eigenvalue weighted by atomic mass is 79.9. The Morgan fingerprint density at radius 2 is 1.77 bits per heavy atom. The zero-order valence-electron chi connectivity index (χ0n) is 18.7. The van der Waals surface area contributed by atoms with Gasteiger partial charge in [0.05, 0.1) is 24.1 Å². The van der Waals surface area contributed by atoms with E-state index in [1.807, 2.05) is 6.07 Å². The molecule has 0 amide bonds. The van der Waals surface area contributed by atoms with Crippen LogP contribution in [0.4, 0.5) is 10.1 Å². The zero-order chi connectivity index (χ0) is 25.2. The first-order chi connectivity index (χ1) is 16.9. The van der Waals surface area contributed by atoms with E-state index >= 15 is 0 Å². The highest BCUT2D eigenvalue weighted by Gasteiger charge is 2.14. The Balaban J connectivity index is 1.65. The molecule has 0 bridgehead atoms. The molecular formula is C25H21Br2FN2O5. The Kier molecular flexibility index (Phi) is 9.87. The minimum atomic E-state index is -0.506. The number of halogens is 3. The normalized spacial score (nSPS) is 10.4. The molecule has 10 heteroatoms. The summed E-state index contributed by atoms with van der Waals surface area (Å²) in [4.78, 5) is 19.6. The van der Waals surface area contributed by atoms with Gasteiger partial charge in [-0.1, -0.05) is 18.2 Å². The summed E-state index contributed by atoms with van der Waals surface area (Å²) in [6, 6.07) is 13.1. The quantitative estimate of drug-likeness (QED) is 0.108. The maximum Gasteiger partial charge on any atom is 0.310 e.